The number of nitrogens with two attached hydrogens (primary N) is 1. The standard InChI is InChI=1S/C13H16N2O2S/c1-8-3-6-12(18-8)9(2)15-13(16)11-5-4-10(7-14)17-11/h3-6,9H,7,14H2,1-2H3,(H,15,16). The van der Waals surface area contributed by atoms with Crippen molar-refractivity contribution in [3.63, 3.8) is 0 Å². The van der Waals surface area contributed by atoms with Crippen molar-refractivity contribution in [1.82, 2.24) is 5.32 Å². The summed E-state index contributed by atoms with van der Waals surface area (Å²) >= 11 is 1.68. The molecule has 0 aliphatic heterocycles. The van der Waals surface area contributed by atoms with Crippen molar-refractivity contribution in [2.45, 2.75) is 26.4 Å². The average molecular weight is 264 g/mol. The summed E-state index contributed by atoms with van der Waals surface area (Å²) in [5.74, 6) is 0.698. The molecular weight excluding hydrogens is 248 g/mol. The minimum absolute atomic E-state index is 0.0253. The van der Waals surface area contributed by atoms with Crippen LogP contribution in [0.25, 0.3) is 0 Å². The van der Waals surface area contributed by atoms with E-state index in [9.17, 15) is 4.79 Å². The van der Waals surface area contributed by atoms with Crippen LogP contribution in [-0.4, -0.2) is 5.91 Å². The summed E-state index contributed by atoms with van der Waals surface area (Å²) in [6.45, 7) is 4.30. The Labute approximate surface area is 110 Å². The van der Waals surface area contributed by atoms with Crippen LogP contribution >= 0.6 is 11.3 Å². The molecule has 0 aliphatic rings. The first kappa shape index (κ1) is 12.9. The number of hydrogen-bond donors (Lipinski definition) is 2. The summed E-state index contributed by atoms with van der Waals surface area (Å²) in [6.07, 6.45) is 0. The van der Waals surface area contributed by atoms with Gasteiger partial charge < -0.3 is 15.5 Å². The highest BCUT2D eigenvalue weighted by Crippen LogP contribution is 2.22. The predicted octanol–water partition coefficient (Wildman–Crippen LogP) is 2.60. The summed E-state index contributed by atoms with van der Waals surface area (Å²) in [5.41, 5.74) is 5.43. The maximum Gasteiger partial charge on any atom is 0.287 e. The Balaban J connectivity index is 2.02. The molecule has 0 radical (unpaired) electrons. The molecule has 1 amide bonds. The second-order valence-corrected chi connectivity index (χ2v) is 5.43. The van der Waals surface area contributed by atoms with Crippen LogP contribution in [0.3, 0.4) is 0 Å². The van der Waals surface area contributed by atoms with Gasteiger partial charge in [-0.3, -0.25) is 4.79 Å². The van der Waals surface area contributed by atoms with Crippen molar-refractivity contribution < 1.29 is 9.21 Å². The average Bonchev–Trinajstić information content (AvgIpc) is 2.97. The number of carbonyl (C=O) groups excluding carboxylic acids is 1. The van der Waals surface area contributed by atoms with Crippen LogP contribution in [0.4, 0.5) is 0 Å². The highest BCUT2D eigenvalue weighted by atomic mass is 32.1. The Morgan fingerprint density at radius 2 is 2.22 bits per heavy atom. The summed E-state index contributed by atoms with van der Waals surface area (Å²) in [6, 6.07) is 7.40. The maximum absolute atomic E-state index is 11.9. The van der Waals surface area contributed by atoms with Crippen LogP contribution in [0.15, 0.2) is 28.7 Å². The molecule has 0 saturated carbocycles. The third kappa shape index (κ3) is 2.80. The lowest BCUT2D eigenvalue weighted by Crippen LogP contribution is -2.25. The number of thiophene rings is 1. The molecule has 0 fully saturated rings. The van der Waals surface area contributed by atoms with E-state index in [0.29, 0.717) is 18.1 Å². The quantitative estimate of drug-likeness (QED) is 0.892. The van der Waals surface area contributed by atoms with Crippen LogP contribution in [0.2, 0.25) is 0 Å². The van der Waals surface area contributed by atoms with E-state index >= 15 is 0 Å². The smallest absolute Gasteiger partial charge is 0.287 e. The van der Waals surface area contributed by atoms with Crippen molar-refractivity contribution in [2.24, 2.45) is 5.73 Å². The minimum Gasteiger partial charge on any atom is -0.455 e. The molecular formula is C13H16N2O2S. The van der Waals surface area contributed by atoms with E-state index in [1.165, 1.54) is 4.88 Å². The SMILES string of the molecule is Cc1ccc(C(C)NC(=O)c2ccc(CN)o2)s1. The number of hydrogen-bond acceptors (Lipinski definition) is 4. The molecule has 2 aromatic rings. The number of carbonyl (C=O) groups is 1. The second-order valence-electron chi connectivity index (χ2n) is 4.11. The van der Waals surface area contributed by atoms with Gasteiger partial charge in [-0.1, -0.05) is 0 Å². The zero-order valence-corrected chi connectivity index (χ0v) is 11.2. The molecule has 0 spiro atoms. The van der Waals surface area contributed by atoms with Gasteiger partial charge in [-0.15, -0.1) is 11.3 Å². The first-order valence-corrected chi connectivity index (χ1v) is 6.57. The fourth-order valence-corrected chi connectivity index (χ4v) is 2.51. The Kier molecular flexibility index (Phi) is 3.84. The number of nitrogens with one attached hydrogen (secondary N) is 1. The third-order valence-electron chi connectivity index (χ3n) is 2.62. The molecule has 0 saturated heterocycles. The molecule has 0 aromatic carbocycles. The van der Waals surface area contributed by atoms with E-state index in [4.69, 9.17) is 10.2 Å². The van der Waals surface area contributed by atoms with E-state index in [1.54, 1.807) is 23.5 Å². The first-order valence-electron chi connectivity index (χ1n) is 5.76. The summed E-state index contributed by atoms with van der Waals surface area (Å²) in [5, 5.41) is 2.90. The monoisotopic (exact) mass is 264 g/mol. The van der Waals surface area contributed by atoms with E-state index in [2.05, 4.69) is 5.32 Å². The number of amides is 1. The molecule has 2 aromatic heterocycles. The van der Waals surface area contributed by atoms with Crippen LogP contribution in [-0.2, 0) is 6.54 Å². The highest BCUT2D eigenvalue weighted by molar-refractivity contribution is 7.12. The fourth-order valence-electron chi connectivity index (χ4n) is 1.63. The molecule has 2 heterocycles. The van der Waals surface area contributed by atoms with Gasteiger partial charge in [0.05, 0.1) is 12.6 Å². The number of aryl methyl sites for hydroxylation is 1. The highest BCUT2D eigenvalue weighted by Gasteiger charge is 2.15. The van der Waals surface area contributed by atoms with Crippen molar-refractivity contribution in [3.05, 3.63) is 45.5 Å². The fraction of sp³-hybridized carbons (Fsp3) is 0.308. The maximum atomic E-state index is 11.9. The molecule has 1 unspecified atom stereocenters. The molecule has 3 N–H and O–H groups in total. The Hall–Kier alpha value is -1.59. The van der Waals surface area contributed by atoms with Crippen molar-refractivity contribution in [2.75, 3.05) is 0 Å². The minimum atomic E-state index is -0.215. The normalized spacial score (nSPS) is 12.4. The van der Waals surface area contributed by atoms with Crippen molar-refractivity contribution in [3.8, 4) is 0 Å². The molecule has 5 heteroatoms. The summed E-state index contributed by atoms with van der Waals surface area (Å²) in [4.78, 5) is 14.3. The number of furan rings is 1. The van der Waals surface area contributed by atoms with E-state index < -0.39 is 0 Å². The largest absolute Gasteiger partial charge is 0.455 e. The zero-order valence-electron chi connectivity index (χ0n) is 10.4. The van der Waals surface area contributed by atoms with Crippen LogP contribution in [0.1, 0.15) is 39.0 Å². The van der Waals surface area contributed by atoms with Gasteiger partial charge >= 0.3 is 0 Å². The van der Waals surface area contributed by atoms with E-state index in [0.717, 1.165) is 4.88 Å². The summed E-state index contributed by atoms with van der Waals surface area (Å²) in [7, 11) is 0. The van der Waals surface area contributed by atoms with Gasteiger partial charge in [0.1, 0.15) is 5.76 Å². The molecule has 1 atom stereocenters. The Bertz CT molecular complexity index is 545. The van der Waals surface area contributed by atoms with Crippen molar-refractivity contribution in [1.29, 1.82) is 0 Å². The number of rotatable bonds is 4. The van der Waals surface area contributed by atoms with Gasteiger partial charge in [-0.25, -0.2) is 0 Å². The van der Waals surface area contributed by atoms with Crippen molar-refractivity contribution >= 4 is 17.2 Å². The van der Waals surface area contributed by atoms with Gasteiger partial charge in [-0.05, 0) is 38.1 Å². The lowest BCUT2D eigenvalue weighted by molar-refractivity contribution is 0.0910. The Morgan fingerprint density at radius 3 is 2.78 bits per heavy atom. The van der Waals surface area contributed by atoms with Crippen LogP contribution < -0.4 is 11.1 Å². The topological polar surface area (TPSA) is 68.3 Å². The van der Waals surface area contributed by atoms with Gasteiger partial charge in [0.15, 0.2) is 5.76 Å². The molecule has 4 nitrogen and oxygen atoms in total. The molecule has 0 aliphatic carbocycles. The molecule has 2 rings (SSSR count). The van der Waals surface area contributed by atoms with Gasteiger partial charge in [0, 0.05) is 9.75 Å². The predicted molar refractivity (Wildman–Crippen MR) is 71.5 cm³/mol. The lowest BCUT2D eigenvalue weighted by atomic mass is 10.2. The Morgan fingerprint density at radius 1 is 1.44 bits per heavy atom. The molecule has 0 bridgehead atoms. The summed E-state index contributed by atoms with van der Waals surface area (Å²) < 4.78 is 5.30. The molecule has 18 heavy (non-hydrogen) atoms. The van der Waals surface area contributed by atoms with Gasteiger partial charge in [-0.2, -0.15) is 0 Å². The molecule has 96 valence electrons. The second kappa shape index (κ2) is 5.37. The van der Waals surface area contributed by atoms with Gasteiger partial charge in [0.25, 0.3) is 5.91 Å². The van der Waals surface area contributed by atoms with Gasteiger partial charge in [0.2, 0.25) is 0 Å². The van der Waals surface area contributed by atoms with Crippen LogP contribution in [0, 0.1) is 6.92 Å². The van der Waals surface area contributed by atoms with E-state index in [1.807, 2.05) is 26.0 Å². The zero-order chi connectivity index (χ0) is 13.1. The first-order chi connectivity index (χ1) is 8.60. The third-order valence-corrected chi connectivity index (χ3v) is 3.81. The van der Waals surface area contributed by atoms with Crippen LogP contribution in [0.5, 0.6) is 0 Å². The lowest BCUT2D eigenvalue weighted by Gasteiger charge is -2.10. The van der Waals surface area contributed by atoms with E-state index in [-0.39, 0.29) is 11.9 Å².